The molecule has 1 aliphatic rings. The highest BCUT2D eigenvalue weighted by Gasteiger charge is 2.26. The molecular formula is C16H25NO. The van der Waals surface area contributed by atoms with E-state index in [0.717, 1.165) is 23.1 Å². The van der Waals surface area contributed by atoms with E-state index in [0.29, 0.717) is 12.6 Å². The zero-order chi connectivity index (χ0) is 13.1. The lowest BCUT2D eigenvalue weighted by Gasteiger charge is -2.33. The lowest BCUT2D eigenvalue weighted by atomic mass is 9.80. The number of benzene rings is 1. The average molecular weight is 247 g/mol. The molecule has 0 amide bonds. The Balaban J connectivity index is 2.10. The number of nitrogens with two attached hydrogens (primary N) is 1. The van der Waals surface area contributed by atoms with E-state index in [2.05, 4.69) is 39.0 Å². The van der Waals surface area contributed by atoms with Gasteiger partial charge in [0.05, 0.1) is 6.10 Å². The smallest absolute Gasteiger partial charge is 0.127 e. The number of hydrogen-bond donors (Lipinski definition) is 1. The topological polar surface area (TPSA) is 35.2 Å². The summed E-state index contributed by atoms with van der Waals surface area (Å²) in [5, 5.41) is 0. The standard InChI is InChI=1S/C16H25NO/c1-11-7-8-15(9-13(11)3)18-16-12(2)5-4-6-14(16)10-17/h4-6,11,13,15H,7-10,17H2,1-3H3. The maximum Gasteiger partial charge on any atom is 0.127 e. The van der Waals surface area contributed by atoms with Crippen LogP contribution in [0.3, 0.4) is 0 Å². The van der Waals surface area contributed by atoms with Crippen LogP contribution in [0.4, 0.5) is 0 Å². The van der Waals surface area contributed by atoms with Crippen molar-refractivity contribution in [3.63, 3.8) is 0 Å². The van der Waals surface area contributed by atoms with Crippen LogP contribution in [0.2, 0.25) is 0 Å². The minimum absolute atomic E-state index is 0.364. The van der Waals surface area contributed by atoms with Gasteiger partial charge >= 0.3 is 0 Å². The van der Waals surface area contributed by atoms with E-state index in [-0.39, 0.29) is 0 Å². The van der Waals surface area contributed by atoms with E-state index < -0.39 is 0 Å². The minimum Gasteiger partial charge on any atom is -0.490 e. The van der Waals surface area contributed by atoms with Crippen LogP contribution in [-0.2, 0) is 6.54 Å². The first kappa shape index (κ1) is 13.4. The van der Waals surface area contributed by atoms with Crippen molar-refractivity contribution in [1.29, 1.82) is 0 Å². The van der Waals surface area contributed by atoms with Crippen molar-refractivity contribution >= 4 is 0 Å². The molecule has 1 aromatic carbocycles. The maximum absolute atomic E-state index is 6.25. The fourth-order valence-electron chi connectivity index (χ4n) is 2.81. The maximum atomic E-state index is 6.25. The van der Waals surface area contributed by atoms with Crippen LogP contribution in [0.25, 0.3) is 0 Å². The Morgan fingerprint density at radius 2 is 2.00 bits per heavy atom. The first-order valence-electron chi connectivity index (χ1n) is 7.07. The molecule has 3 unspecified atom stereocenters. The average Bonchev–Trinajstić information content (AvgIpc) is 2.36. The molecule has 0 heterocycles. The molecule has 2 heteroatoms. The van der Waals surface area contributed by atoms with E-state index in [1.54, 1.807) is 0 Å². The fraction of sp³-hybridized carbons (Fsp3) is 0.625. The summed E-state index contributed by atoms with van der Waals surface area (Å²) in [6, 6.07) is 6.22. The van der Waals surface area contributed by atoms with E-state index >= 15 is 0 Å². The molecule has 1 saturated carbocycles. The summed E-state index contributed by atoms with van der Waals surface area (Å²) >= 11 is 0. The number of ether oxygens (including phenoxy) is 1. The first-order valence-corrected chi connectivity index (χ1v) is 7.07. The van der Waals surface area contributed by atoms with Gasteiger partial charge in [0.2, 0.25) is 0 Å². The van der Waals surface area contributed by atoms with Crippen molar-refractivity contribution in [3.8, 4) is 5.75 Å². The predicted molar refractivity (Wildman–Crippen MR) is 75.7 cm³/mol. The summed E-state index contributed by atoms with van der Waals surface area (Å²) in [6.45, 7) is 7.33. The van der Waals surface area contributed by atoms with E-state index in [4.69, 9.17) is 10.5 Å². The number of aryl methyl sites for hydroxylation is 1. The number of para-hydroxylation sites is 1. The highest BCUT2D eigenvalue weighted by Crippen LogP contribution is 2.33. The summed E-state index contributed by atoms with van der Waals surface area (Å²) in [4.78, 5) is 0. The number of hydrogen-bond acceptors (Lipinski definition) is 2. The summed E-state index contributed by atoms with van der Waals surface area (Å²) in [7, 11) is 0. The van der Waals surface area contributed by atoms with Crippen molar-refractivity contribution in [1.82, 2.24) is 0 Å². The van der Waals surface area contributed by atoms with Gasteiger partial charge in [-0.05, 0) is 43.6 Å². The van der Waals surface area contributed by atoms with Gasteiger partial charge in [-0.15, -0.1) is 0 Å². The van der Waals surface area contributed by atoms with Crippen LogP contribution in [0, 0.1) is 18.8 Å². The Bertz CT molecular complexity index is 402. The second-order valence-corrected chi connectivity index (χ2v) is 5.77. The molecule has 1 aliphatic carbocycles. The molecule has 0 bridgehead atoms. The molecule has 2 N–H and O–H groups in total. The molecule has 2 nitrogen and oxygen atoms in total. The van der Waals surface area contributed by atoms with Crippen LogP contribution >= 0.6 is 0 Å². The molecule has 18 heavy (non-hydrogen) atoms. The molecule has 2 rings (SSSR count). The van der Waals surface area contributed by atoms with Crippen LogP contribution in [-0.4, -0.2) is 6.10 Å². The molecule has 1 aromatic rings. The third kappa shape index (κ3) is 2.86. The molecule has 1 fully saturated rings. The first-order chi connectivity index (χ1) is 8.61. The Morgan fingerprint density at radius 3 is 2.67 bits per heavy atom. The van der Waals surface area contributed by atoms with Gasteiger partial charge in [-0.3, -0.25) is 0 Å². The lowest BCUT2D eigenvalue weighted by molar-refractivity contribution is 0.0991. The largest absolute Gasteiger partial charge is 0.490 e. The Labute approximate surface area is 111 Å². The molecular weight excluding hydrogens is 222 g/mol. The second-order valence-electron chi connectivity index (χ2n) is 5.77. The Morgan fingerprint density at radius 1 is 1.22 bits per heavy atom. The summed E-state index contributed by atoms with van der Waals surface area (Å²) < 4.78 is 6.25. The molecule has 100 valence electrons. The predicted octanol–water partition coefficient (Wildman–Crippen LogP) is 3.66. The normalized spacial score (nSPS) is 28.1. The minimum atomic E-state index is 0.364. The Kier molecular flexibility index (Phi) is 4.28. The van der Waals surface area contributed by atoms with Gasteiger partial charge in [-0.1, -0.05) is 32.0 Å². The molecule has 0 aromatic heterocycles. The van der Waals surface area contributed by atoms with Gasteiger partial charge in [0.15, 0.2) is 0 Å². The molecule has 0 saturated heterocycles. The molecule has 0 spiro atoms. The highest BCUT2D eigenvalue weighted by molar-refractivity contribution is 5.40. The van der Waals surface area contributed by atoms with Gasteiger partial charge in [-0.25, -0.2) is 0 Å². The van der Waals surface area contributed by atoms with Gasteiger partial charge in [0.25, 0.3) is 0 Å². The van der Waals surface area contributed by atoms with Crippen LogP contribution in [0.15, 0.2) is 18.2 Å². The SMILES string of the molecule is Cc1cccc(CN)c1OC1CCC(C)C(C)C1. The summed E-state index contributed by atoms with van der Waals surface area (Å²) in [5.74, 6) is 2.61. The van der Waals surface area contributed by atoms with Crippen LogP contribution < -0.4 is 10.5 Å². The molecule has 0 radical (unpaired) electrons. The van der Waals surface area contributed by atoms with Gasteiger partial charge in [0, 0.05) is 12.1 Å². The van der Waals surface area contributed by atoms with E-state index in [9.17, 15) is 0 Å². The quantitative estimate of drug-likeness (QED) is 0.884. The summed E-state index contributed by atoms with van der Waals surface area (Å²) in [6.07, 6.45) is 3.97. The van der Waals surface area contributed by atoms with Gasteiger partial charge in [0.1, 0.15) is 5.75 Å². The van der Waals surface area contributed by atoms with Gasteiger partial charge in [-0.2, -0.15) is 0 Å². The van der Waals surface area contributed by atoms with Crippen molar-refractivity contribution in [3.05, 3.63) is 29.3 Å². The van der Waals surface area contributed by atoms with Crippen molar-refractivity contribution in [2.24, 2.45) is 17.6 Å². The van der Waals surface area contributed by atoms with E-state index in [1.807, 2.05) is 0 Å². The third-order valence-electron chi connectivity index (χ3n) is 4.35. The monoisotopic (exact) mass is 247 g/mol. The number of rotatable bonds is 3. The lowest BCUT2D eigenvalue weighted by Crippen LogP contribution is -2.29. The van der Waals surface area contributed by atoms with Crippen molar-refractivity contribution < 1.29 is 4.74 Å². The van der Waals surface area contributed by atoms with Crippen molar-refractivity contribution in [2.75, 3.05) is 0 Å². The van der Waals surface area contributed by atoms with Crippen LogP contribution in [0.1, 0.15) is 44.2 Å². The highest BCUT2D eigenvalue weighted by atomic mass is 16.5. The summed E-state index contributed by atoms with van der Waals surface area (Å²) in [5.41, 5.74) is 8.12. The van der Waals surface area contributed by atoms with Gasteiger partial charge < -0.3 is 10.5 Å². The van der Waals surface area contributed by atoms with Crippen LogP contribution in [0.5, 0.6) is 5.75 Å². The molecule has 3 atom stereocenters. The molecule has 0 aliphatic heterocycles. The zero-order valence-corrected chi connectivity index (χ0v) is 11.8. The fourth-order valence-corrected chi connectivity index (χ4v) is 2.81. The third-order valence-corrected chi connectivity index (χ3v) is 4.35. The van der Waals surface area contributed by atoms with E-state index in [1.165, 1.54) is 24.8 Å². The van der Waals surface area contributed by atoms with Crippen molar-refractivity contribution in [2.45, 2.75) is 52.7 Å². The zero-order valence-electron chi connectivity index (χ0n) is 11.8. The Hall–Kier alpha value is -1.02. The second kappa shape index (κ2) is 5.75.